The maximum Gasteiger partial charge on any atom is 0.326 e. The third kappa shape index (κ3) is 4.62. The fourth-order valence-corrected chi connectivity index (χ4v) is 4.93. The van der Waals surface area contributed by atoms with Gasteiger partial charge >= 0.3 is 5.97 Å². The number of esters is 1. The van der Waals surface area contributed by atoms with Crippen molar-refractivity contribution in [2.45, 2.75) is 51.5 Å². The second-order valence-corrected chi connectivity index (χ2v) is 9.40. The van der Waals surface area contributed by atoms with Crippen LogP contribution in [0.25, 0.3) is 0 Å². The predicted molar refractivity (Wildman–Crippen MR) is 102 cm³/mol. The Morgan fingerprint density at radius 3 is 2.38 bits per heavy atom. The summed E-state index contributed by atoms with van der Waals surface area (Å²) in [4.78, 5) is 13.3. The van der Waals surface area contributed by atoms with E-state index in [1.165, 1.54) is 23.5 Å². The fraction of sp³-hybridized carbons (Fsp3) is 0.444. The van der Waals surface area contributed by atoms with Gasteiger partial charge in [-0.1, -0.05) is 39.0 Å². The SMILES string of the molecule is CCOC(=O)Cn1c(C)c(C(C)(C)C)sc1=NS(=O)(=O)c1ccccc1. The smallest absolute Gasteiger partial charge is 0.326 e. The van der Waals surface area contributed by atoms with E-state index in [-0.39, 0.29) is 28.3 Å². The van der Waals surface area contributed by atoms with E-state index < -0.39 is 16.0 Å². The molecular formula is C18H24N2O4S2. The summed E-state index contributed by atoms with van der Waals surface area (Å²) in [5.74, 6) is -0.424. The van der Waals surface area contributed by atoms with Gasteiger partial charge < -0.3 is 9.30 Å². The number of thiazole rings is 1. The molecule has 0 N–H and O–H groups in total. The summed E-state index contributed by atoms with van der Waals surface area (Å²) in [6, 6.07) is 8.04. The van der Waals surface area contributed by atoms with Gasteiger partial charge in [0.15, 0.2) is 0 Å². The van der Waals surface area contributed by atoms with Gasteiger partial charge in [-0.3, -0.25) is 4.79 Å². The minimum atomic E-state index is -3.87. The van der Waals surface area contributed by atoms with Crippen molar-refractivity contribution in [3.05, 3.63) is 45.7 Å². The molecule has 0 aliphatic carbocycles. The summed E-state index contributed by atoms with van der Waals surface area (Å²) in [7, 11) is -3.87. The van der Waals surface area contributed by atoms with Gasteiger partial charge in [-0.05, 0) is 31.4 Å². The number of nitrogens with zero attached hydrogens (tertiary/aromatic N) is 2. The Bertz CT molecular complexity index is 949. The zero-order chi connectivity index (χ0) is 19.5. The van der Waals surface area contributed by atoms with Crippen LogP contribution in [0, 0.1) is 6.92 Å². The number of sulfonamides is 1. The van der Waals surface area contributed by atoms with Crippen molar-refractivity contribution in [3.63, 3.8) is 0 Å². The Morgan fingerprint density at radius 2 is 1.85 bits per heavy atom. The van der Waals surface area contributed by atoms with Crippen LogP contribution in [-0.4, -0.2) is 25.6 Å². The molecule has 0 radical (unpaired) electrons. The number of carbonyl (C=O) groups excluding carboxylic acids is 1. The summed E-state index contributed by atoms with van der Waals surface area (Å²) >= 11 is 1.28. The van der Waals surface area contributed by atoms with E-state index in [0.29, 0.717) is 0 Å². The van der Waals surface area contributed by atoms with E-state index in [1.54, 1.807) is 29.7 Å². The topological polar surface area (TPSA) is 77.7 Å². The van der Waals surface area contributed by atoms with Crippen LogP contribution in [0.3, 0.4) is 0 Å². The first-order chi connectivity index (χ1) is 12.1. The molecule has 8 heteroatoms. The summed E-state index contributed by atoms with van der Waals surface area (Å²) < 4.78 is 35.9. The number of aromatic nitrogens is 1. The van der Waals surface area contributed by atoms with Crippen molar-refractivity contribution in [1.82, 2.24) is 4.57 Å². The quantitative estimate of drug-likeness (QED) is 0.728. The Kier molecular flexibility index (Phi) is 6.08. The van der Waals surface area contributed by atoms with Gasteiger partial charge in [0.1, 0.15) is 6.54 Å². The average Bonchev–Trinajstić information content (AvgIpc) is 2.85. The number of rotatable bonds is 5. The first-order valence-corrected chi connectivity index (χ1v) is 10.5. The van der Waals surface area contributed by atoms with Crippen LogP contribution in [0.2, 0.25) is 0 Å². The number of carbonyl (C=O) groups is 1. The van der Waals surface area contributed by atoms with E-state index in [2.05, 4.69) is 4.40 Å². The highest BCUT2D eigenvalue weighted by Crippen LogP contribution is 2.28. The predicted octanol–water partition coefficient (Wildman–Crippen LogP) is 3.01. The summed E-state index contributed by atoms with van der Waals surface area (Å²) in [6.07, 6.45) is 0. The Morgan fingerprint density at radius 1 is 1.23 bits per heavy atom. The molecule has 142 valence electrons. The van der Waals surface area contributed by atoms with Gasteiger partial charge in [0, 0.05) is 10.6 Å². The Hall–Kier alpha value is -1.93. The number of ether oxygens (including phenoxy) is 1. The second kappa shape index (κ2) is 7.75. The van der Waals surface area contributed by atoms with Crippen molar-refractivity contribution < 1.29 is 17.9 Å². The molecule has 0 saturated carbocycles. The van der Waals surface area contributed by atoms with Gasteiger partial charge in [0.05, 0.1) is 11.5 Å². The van der Waals surface area contributed by atoms with Crippen molar-refractivity contribution in [2.24, 2.45) is 4.40 Å². The summed E-state index contributed by atoms with van der Waals surface area (Å²) in [6.45, 7) is 9.90. The molecule has 1 aromatic heterocycles. The highest BCUT2D eigenvalue weighted by atomic mass is 32.2. The van der Waals surface area contributed by atoms with E-state index in [4.69, 9.17) is 4.74 Å². The molecule has 1 heterocycles. The zero-order valence-corrected chi connectivity index (χ0v) is 17.3. The standard InChI is InChI=1S/C18H24N2O4S2/c1-6-24-15(21)12-20-13(2)16(18(3,4)5)25-17(20)19-26(22,23)14-10-8-7-9-11-14/h7-11H,6,12H2,1-5H3. The molecule has 2 rings (SSSR count). The fourth-order valence-electron chi connectivity index (χ4n) is 2.52. The Balaban J connectivity index is 2.65. The zero-order valence-electron chi connectivity index (χ0n) is 15.6. The van der Waals surface area contributed by atoms with Crippen LogP contribution in [0.4, 0.5) is 0 Å². The summed E-state index contributed by atoms with van der Waals surface area (Å²) in [5.41, 5.74) is 0.618. The highest BCUT2D eigenvalue weighted by Gasteiger charge is 2.24. The molecule has 2 aromatic rings. The van der Waals surface area contributed by atoms with Crippen LogP contribution in [-0.2, 0) is 31.5 Å². The lowest BCUT2D eigenvalue weighted by Gasteiger charge is -2.17. The van der Waals surface area contributed by atoms with Crippen LogP contribution in [0.1, 0.15) is 38.3 Å². The molecule has 6 nitrogen and oxygen atoms in total. The molecule has 0 aliphatic heterocycles. The molecule has 0 unspecified atom stereocenters. The van der Waals surface area contributed by atoms with Crippen LogP contribution >= 0.6 is 11.3 Å². The van der Waals surface area contributed by atoms with Crippen LogP contribution < -0.4 is 4.80 Å². The maximum absolute atomic E-state index is 12.6. The number of benzene rings is 1. The van der Waals surface area contributed by atoms with E-state index in [9.17, 15) is 13.2 Å². The molecule has 0 fully saturated rings. The molecule has 0 bridgehead atoms. The molecule has 0 atom stereocenters. The minimum Gasteiger partial charge on any atom is -0.465 e. The molecular weight excluding hydrogens is 372 g/mol. The third-order valence-electron chi connectivity index (χ3n) is 3.67. The van der Waals surface area contributed by atoms with Crippen molar-refractivity contribution >= 4 is 27.3 Å². The first-order valence-electron chi connectivity index (χ1n) is 8.28. The lowest BCUT2D eigenvalue weighted by atomic mass is 9.93. The lowest BCUT2D eigenvalue weighted by Crippen LogP contribution is -2.24. The van der Waals surface area contributed by atoms with Gasteiger partial charge in [-0.15, -0.1) is 15.7 Å². The van der Waals surface area contributed by atoms with E-state index in [1.807, 2.05) is 27.7 Å². The second-order valence-electron chi connectivity index (χ2n) is 6.82. The monoisotopic (exact) mass is 396 g/mol. The minimum absolute atomic E-state index is 0.0740. The van der Waals surface area contributed by atoms with Crippen molar-refractivity contribution in [2.75, 3.05) is 6.61 Å². The molecule has 1 aromatic carbocycles. The summed E-state index contributed by atoms with van der Waals surface area (Å²) in [5, 5.41) is 0. The average molecular weight is 397 g/mol. The molecule has 0 spiro atoms. The van der Waals surface area contributed by atoms with Gasteiger partial charge in [-0.2, -0.15) is 8.42 Å². The Labute approximate surface area is 158 Å². The molecule has 0 amide bonds. The lowest BCUT2D eigenvalue weighted by molar-refractivity contribution is -0.143. The third-order valence-corrected chi connectivity index (χ3v) is 6.67. The maximum atomic E-state index is 12.6. The van der Waals surface area contributed by atoms with Crippen molar-refractivity contribution in [3.8, 4) is 0 Å². The number of hydrogen-bond acceptors (Lipinski definition) is 5. The largest absolute Gasteiger partial charge is 0.465 e. The van der Waals surface area contributed by atoms with Crippen LogP contribution in [0.15, 0.2) is 39.6 Å². The van der Waals surface area contributed by atoms with Gasteiger partial charge in [0.2, 0.25) is 4.80 Å². The first kappa shape index (κ1) is 20.4. The molecule has 0 aliphatic rings. The van der Waals surface area contributed by atoms with Crippen molar-refractivity contribution in [1.29, 1.82) is 0 Å². The number of hydrogen-bond donors (Lipinski definition) is 0. The highest BCUT2D eigenvalue weighted by molar-refractivity contribution is 7.90. The molecule has 26 heavy (non-hydrogen) atoms. The van der Waals surface area contributed by atoms with E-state index in [0.717, 1.165) is 10.6 Å². The van der Waals surface area contributed by atoms with Crippen LogP contribution in [0.5, 0.6) is 0 Å². The van der Waals surface area contributed by atoms with Gasteiger partial charge in [-0.25, -0.2) is 0 Å². The van der Waals surface area contributed by atoms with E-state index >= 15 is 0 Å². The molecule has 0 saturated heterocycles. The van der Waals surface area contributed by atoms with Gasteiger partial charge in [0.25, 0.3) is 10.0 Å². The normalized spacial score (nSPS) is 13.0.